The van der Waals surface area contributed by atoms with Crippen LogP contribution in [0.4, 0.5) is 13.2 Å². The van der Waals surface area contributed by atoms with Gasteiger partial charge in [0.2, 0.25) is 5.91 Å². The van der Waals surface area contributed by atoms with Gasteiger partial charge in [-0.1, -0.05) is 12.2 Å². The van der Waals surface area contributed by atoms with Gasteiger partial charge in [0.25, 0.3) is 11.8 Å². The summed E-state index contributed by atoms with van der Waals surface area (Å²) in [5.41, 5.74) is 0.837. The number of hydrogen-bond donors (Lipinski definition) is 1. The molecule has 1 aromatic heterocycles. The number of pyridine rings is 1. The summed E-state index contributed by atoms with van der Waals surface area (Å²) in [6.45, 7) is -1.32. The molecule has 1 atom stereocenters. The molecule has 3 rings (SSSR count). The van der Waals surface area contributed by atoms with Gasteiger partial charge in [-0.25, -0.2) is 13.2 Å². The van der Waals surface area contributed by atoms with Gasteiger partial charge in [0.1, 0.15) is 12.2 Å². The summed E-state index contributed by atoms with van der Waals surface area (Å²) in [7, 11) is 0. The fourth-order valence-electron chi connectivity index (χ4n) is 3.80. The molecule has 6 nitrogen and oxygen atoms in total. The van der Waals surface area contributed by atoms with Crippen molar-refractivity contribution in [3.05, 3.63) is 35.7 Å². The summed E-state index contributed by atoms with van der Waals surface area (Å²) in [6.07, 6.45) is 7.75. The first-order valence-corrected chi connectivity index (χ1v) is 9.90. The molecule has 1 aliphatic carbocycles. The van der Waals surface area contributed by atoms with Crippen molar-refractivity contribution in [3.8, 4) is 6.07 Å². The molecule has 1 N–H and O–H groups in total. The third-order valence-electron chi connectivity index (χ3n) is 5.49. The van der Waals surface area contributed by atoms with E-state index in [1.54, 1.807) is 12.1 Å². The molecular weight excluding hydrogens is 397 g/mol. The lowest BCUT2D eigenvalue weighted by Gasteiger charge is -2.21. The average Bonchev–Trinajstić information content (AvgIpc) is 3.06. The molecule has 2 heterocycles. The second kappa shape index (κ2) is 9.28. The van der Waals surface area contributed by atoms with Crippen LogP contribution < -0.4 is 5.32 Å². The van der Waals surface area contributed by atoms with Crippen LogP contribution in [0, 0.1) is 17.2 Å². The van der Waals surface area contributed by atoms with Gasteiger partial charge in [-0.15, -0.1) is 0 Å². The van der Waals surface area contributed by atoms with E-state index < -0.39 is 49.5 Å². The number of carbonyl (C=O) groups is 2. The molecule has 1 saturated heterocycles. The maximum Gasteiger partial charge on any atom is 0.268 e. The minimum Gasteiger partial charge on any atom is -0.343 e. The molecular formula is C21H23F3N4O2. The van der Waals surface area contributed by atoms with Crippen LogP contribution in [0.1, 0.15) is 48.0 Å². The molecule has 30 heavy (non-hydrogen) atoms. The van der Waals surface area contributed by atoms with Gasteiger partial charge in [0.15, 0.2) is 0 Å². The predicted molar refractivity (Wildman–Crippen MR) is 103 cm³/mol. The number of likely N-dealkylation sites (tertiary alicyclic amines) is 1. The molecule has 0 bridgehead atoms. The lowest BCUT2D eigenvalue weighted by molar-refractivity contribution is -0.131. The number of carbonyl (C=O) groups excluding carboxylic acids is 2. The summed E-state index contributed by atoms with van der Waals surface area (Å²) < 4.78 is 40.3. The molecule has 2 aliphatic rings. The van der Waals surface area contributed by atoms with Gasteiger partial charge < -0.3 is 10.2 Å². The Balaban J connectivity index is 1.61. The zero-order chi connectivity index (χ0) is 21.7. The van der Waals surface area contributed by atoms with Gasteiger partial charge in [-0.05, 0) is 37.7 Å². The Morgan fingerprint density at radius 2 is 2.07 bits per heavy atom. The van der Waals surface area contributed by atoms with Crippen molar-refractivity contribution in [2.24, 2.45) is 5.92 Å². The predicted octanol–water partition coefficient (Wildman–Crippen LogP) is 3.11. The molecule has 1 saturated carbocycles. The lowest BCUT2D eigenvalue weighted by Crippen LogP contribution is -2.43. The van der Waals surface area contributed by atoms with E-state index >= 15 is 0 Å². The van der Waals surface area contributed by atoms with Gasteiger partial charge in [-0.2, -0.15) is 5.26 Å². The standard InChI is InChI=1S/C21H23F3N4O2/c22-16-5-2-14(3-6-16)1-4-15-11-26-8-7-18(15)20(30)27-12-19(29)28-13-21(23,24)9-17(28)10-25/h1,4,7-8,11,14,16-17H,2-3,5-6,9,12-13H2,(H,27,30). The van der Waals surface area contributed by atoms with Crippen LogP contribution in [-0.4, -0.2) is 52.9 Å². The monoisotopic (exact) mass is 420 g/mol. The Bertz CT molecular complexity index is 860. The molecule has 0 aromatic carbocycles. The second-order valence-electron chi connectivity index (χ2n) is 7.74. The van der Waals surface area contributed by atoms with Crippen LogP contribution in [0.2, 0.25) is 0 Å². The van der Waals surface area contributed by atoms with E-state index in [0.717, 1.165) is 17.7 Å². The third kappa shape index (κ3) is 5.38. The van der Waals surface area contributed by atoms with Crippen molar-refractivity contribution >= 4 is 17.9 Å². The number of nitriles is 1. The minimum absolute atomic E-state index is 0.231. The van der Waals surface area contributed by atoms with E-state index in [2.05, 4.69) is 10.3 Å². The highest BCUT2D eigenvalue weighted by molar-refractivity contribution is 5.99. The van der Waals surface area contributed by atoms with Crippen molar-refractivity contribution in [1.82, 2.24) is 15.2 Å². The smallest absolute Gasteiger partial charge is 0.268 e. The van der Waals surface area contributed by atoms with Crippen LogP contribution in [-0.2, 0) is 4.79 Å². The van der Waals surface area contributed by atoms with E-state index in [-0.39, 0.29) is 11.5 Å². The quantitative estimate of drug-likeness (QED) is 0.793. The number of halogens is 3. The Kier molecular flexibility index (Phi) is 6.75. The van der Waals surface area contributed by atoms with Gasteiger partial charge >= 0.3 is 0 Å². The molecule has 9 heteroatoms. The summed E-state index contributed by atoms with van der Waals surface area (Å²) in [5, 5.41) is 11.4. The Hall–Kier alpha value is -2.89. The number of allylic oxidation sites excluding steroid dienone is 1. The molecule has 0 spiro atoms. The van der Waals surface area contributed by atoms with Crippen molar-refractivity contribution in [2.75, 3.05) is 13.1 Å². The number of amides is 2. The number of nitrogens with one attached hydrogen (secondary N) is 1. The number of hydrogen-bond acceptors (Lipinski definition) is 4. The van der Waals surface area contributed by atoms with Crippen LogP contribution in [0.5, 0.6) is 0 Å². The van der Waals surface area contributed by atoms with Crippen LogP contribution in [0.3, 0.4) is 0 Å². The summed E-state index contributed by atoms with van der Waals surface area (Å²) in [4.78, 5) is 29.6. The van der Waals surface area contributed by atoms with Crippen LogP contribution in [0.25, 0.3) is 6.08 Å². The molecule has 2 amide bonds. The number of nitrogens with zero attached hydrogens (tertiary/aromatic N) is 3. The first-order chi connectivity index (χ1) is 14.3. The van der Waals surface area contributed by atoms with Crippen molar-refractivity contribution in [2.45, 2.75) is 50.2 Å². The topological polar surface area (TPSA) is 86.1 Å². The van der Waals surface area contributed by atoms with Crippen molar-refractivity contribution in [1.29, 1.82) is 5.26 Å². The second-order valence-corrected chi connectivity index (χ2v) is 7.74. The summed E-state index contributed by atoms with van der Waals surface area (Å²) >= 11 is 0. The highest BCUT2D eigenvalue weighted by Crippen LogP contribution is 2.31. The van der Waals surface area contributed by atoms with Gasteiger partial charge in [0, 0.05) is 29.9 Å². The number of alkyl halides is 3. The first kappa shape index (κ1) is 21.8. The molecule has 160 valence electrons. The van der Waals surface area contributed by atoms with Crippen molar-refractivity contribution < 1.29 is 22.8 Å². The van der Waals surface area contributed by atoms with E-state index in [1.807, 2.05) is 6.08 Å². The zero-order valence-corrected chi connectivity index (χ0v) is 16.4. The van der Waals surface area contributed by atoms with E-state index in [9.17, 15) is 22.8 Å². The van der Waals surface area contributed by atoms with Crippen LogP contribution >= 0.6 is 0 Å². The van der Waals surface area contributed by atoms with Gasteiger partial charge in [-0.3, -0.25) is 14.6 Å². The number of aromatic nitrogens is 1. The zero-order valence-electron chi connectivity index (χ0n) is 16.4. The first-order valence-electron chi connectivity index (χ1n) is 9.90. The van der Waals surface area contributed by atoms with E-state index in [4.69, 9.17) is 5.26 Å². The molecule has 1 aromatic rings. The normalized spacial score (nSPS) is 25.8. The van der Waals surface area contributed by atoms with Crippen LogP contribution in [0.15, 0.2) is 24.5 Å². The van der Waals surface area contributed by atoms with E-state index in [1.165, 1.54) is 18.5 Å². The molecule has 0 radical (unpaired) electrons. The molecule has 2 fully saturated rings. The third-order valence-corrected chi connectivity index (χ3v) is 5.49. The maximum absolute atomic E-state index is 13.5. The Morgan fingerprint density at radius 1 is 1.33 bits per heavy atom. The fraction of sp³-hybridized carbons (Fsp3) is 0.524. The minimum atomic E-state index is -3.11. The highest BCUT2D eigenvalue weighted by Gasteiger charge is 2.47. The van der Waals surface area contributed by atoms with Gasteiger partial charge in [0.05, 0.1) is 19.2 Å². The average molecular weight is 420 g/mol. The summed E-state index contributed by atoms with van der Waals surface area (Å²) in [5.74, 6) is -4.15. The number of rotatable bonds is 5. The van der Waals surface area contributed by atoms with E-state index in [0.29, 0.717) is 18.4 Å². The lowest BCUT2D eigenvalue weighted by atomic mass is 9.87. The highest BCUT2D eigenvalue weighted by atomic mass is 19.3. The largest absolute Gasteiger partial charge is 0.343 e. The maximum atomic E-state index is 13.5. The summed E-state index contributed by atoms with van der Waals surface area (Å²) in [6, 6.07) is 2.00. The Morgan fingerprint density at radius 3 is 2.77 bits per heavy atom. The SMILES string of the molecule is N#CC1CC(F)(F)CN1C(=O)CNC(=O)c1ccncc1C=CC1CCC(F)CC1. The Labute approximate surface area is 172 Å². The fourth-order valence-corrected chi connectivity index (χ4v) is 3.80. The molecule has 1 unspecified atom stereocenters. The van der Waals surface area contributed by atoms with Crippen molar-refractivity contribution in [3.63, 3.8) is 0 Å². The molecule has 1 aliphatic heterocycles.